The molecule has 2 saturated carbocycles. The molecule has 1 saturated heterocycles. The Morgan fingerprint density at radius 3 is 1.37 bits per heavy atom. The van der Waals surface area contributed by atoms with E-state index in [4.69, 9.17) is 17.2 Å². The first kappa shape index (κ1) is 98.6. The number of nitrogens with two attached hydrogens (primary N) is 3. The summed E-state index contributed by atoms with van der Waals surface area (Å²) >= 11 is 0.818. The maximum atomic E-state index is 15.3. The zero-order chi connectivity index (χ0) is 89.0. The molecular weight excluding hydrogens is 1590 g/mol. The molecule has 1 heterocycles. The number of aliphatic carboxylic acids is 2. The van der Waals surface area contributed by atoms with Crippen LogP contribution in [0.4, 0.5) is 9.18 Å². The first-order valence-electron chi connectivity index (χ1n) is 41.4. The fraction of sp³-hybridized carbons (Fsp3) is 0.590. The average Bonchev–Trinajstić information content (AvgIpc) is 0.811. The number of carboxylic acid groups (broad SMARTS) is 2. The number of nitrogens with zero attached hydrogens (tertiary/aromatic N) is 2. The van der Waals surface area contributed by atoms with Crippen LogP contribution < -0.4 is 75.7 Å². The van der Waals surface area contributed by atoms with Crippen LogP contribution in [0.2, 0.25) is 0 Å². The zero-order valence-electron chi connectivity index (χ0n) is 69.4. The van der Waals surface area contributed by atoms with Crippen molar-refractivity contribution in [3.05, 3.63) is 95.3 Å². The third-order valence-corrected chi connectivity index (χ3v) is 23.0. The Labute approximate surface area is 707 Å². The number of rotatable bonds is 27. The third kappa shape index (κ3) is 33.4. The van der Waals surface area contributed by atoms with Crippen molar-refractivity contribution >= 4 is 107 Å². The Morgan fingerprint density at radius 2 is 0.917 bits per heavy atom. The Morgan fingerprint density at radius 1 is 0.496 bits per heavy atom. The van der Waals surface area contributed by atoms with Crippen molar-refractivity contribution < 1.29 is 102 Å². The van der Waals surface area contributed by atoms with Gasteiger partial charge in [-0.3, -0.25) is 71.9 Å². The van der Waals surface area contributed by atoms with E-state index in [1.807, 2.05) is 6.92 Å². The van der Waals surface area contributed by atoms with Crippen molar-refractivity contribution in [2.24, 2.45) is 29.0 Å². The minimum atomic E-state index is -2.10. The van der Waals surface area contributed by atoms with Gasteiger partial charge in [0.2, 0.25) is 76.8 Å². The molecule has 1 aliphatic heterocycles. The van der Waals surface area contributed by atoms with Gasteiger partial charge in [0, 0.05) is 52.1 Å². The highest BCUT2D eigenvalue weighted by atomic mass is 32.2. The Hall–Kier alpha value is -11.2. The third-order valence-electron chi connectivity index (χ3n) is 21.9. The van der Waals surface area contributed by atoms with Crippen LogP contribution >= 0.6 is 11.8 Å². The molecule has 0 aromatic heterocycles. The fourth-order valence-electron chi connectivity index (χ4n) is 14.9. The molecule has 3 aliphatic rings. The van der Waals surface area contributed by atoms with Gasteiger partial charge in [-0.05, 0) is 143 Å². The lowest BCUT2D eigenvalue weighted by Gasteiger charge is -2.36. The minimum Gasteiger partial charge on any atom is -0.508 e. The Balaban J connectivity index is 1.50. The van der Waals surface area contributed by atoms with Crippen LogP contribution in [-0.4, -0.2) is 236 Å². The first-order chi connectivity index (χ1) is 57.4. The van der Waals surface area contributed by atoms with Crippen molar-refractivity contribution in [1.82, 2.24) is 68.3 Å². The normalized spacial score (nSPS) is 24.2. The van der Waals surface area contributed by atoms with Gasteiger partial charge < -0.3 is 106 Å². The highest BCUT2D eigenvalue weighted by Gasteiger charge is 2.43. The molecule has 121 heavy (non-hydrogen) atoms. The monoisotopic (exact) mass is 1710 g/mol. The van der Waals surface area contributed by atoms with Crippen LogP contribution in [-0.2, 0) is 91.2 Å². The number of hydrogen-bond acceptors (Lipinski definition) is 20. The van der Waals surface area contributed by atoms with Crippen molar-refractivity contribution in [3.63, 3.8) is 0 Å². The molecule has 36 nitrogen and oxygen atoms in total. The van der Waals surface area contributed by atoms with E-state index in [-0.39, 0.29) is 98.2 Å². The SMILES string of the molecule is CCCC[C@H]1C(=O)NC(C)(C)C(=O)N[C@@H](CC2CCCCC2)C(=O)N[C@@H](Cc2ccc(F)cc2)C(=O)N[C@H](CC(=O)O)C(=O)N[C@@H](Cc2ccc(O)cc2)C(=O)N[C@@H](Cc2ccc(O)cc2)C(=O)N[C@@H](CCCNC(N)=O)C(=O)N[C@H](CCCCN)C(=O)N[C@@H](CC2CCCCC2)C(=O)N[C@H](C(N)=O)CSCC(=O)N(C)[C@@H](CCC(=O)O)C(=O)N1C. The maximum absolute atomic E-state index is 15.3. The lowest BCUT2D eigenvalue weighted by atomic mass is 9.84. The van der Waals surface area contributed by atoms with Gasteiger partial charge >= 0.3 is 18.0 Å². The molecule has 6 rings (SSSR count). The summed E-state index contributed by atoms with van der Waals surface area (Å²) < 4.78 is 14.6. The summed E-state index contributed by atoms with van der Waals surface area (Å²) in [6.07, 6.45) is 4.71. The molecule has 21 N–H and O–H groups in total. The molecule has 0 bridgehead atoms. The zero-order valence-corrected chi connectivity index (χ0v) is 70.2. The molecule has 0 unspecified atom stereocenters. The van der Waals surface area contributed by atoms with Crippen LogP contribution in [0, 0.1) is 17.7 Å². The summed E-state index contributed by atoms with van der Waals surface area (Å²) in [5.41, 5.74) is 16.1. The van der Waals surface area contributed by atoms with E-state index in [2.05, 4.69) is 58.5 Å². The first-order valence-corrected chi connectivity index (χ1v) is 42.5. The standard InChI is InChI=1S/C83H121FN16O20S/c1-6-7-23-65-79(117)98-83(2,3)81(119)97-62(41-49-19-12-9-13-20-49)77(115)93-60(42-50-24-30-53(84)31-25-50)75(113)95-63(45-69(106)107)78(116)94-61(44-52-28-34-55(102)35-29-52)74(112)92-59(43-51-26-32-54(101)33-27-51)73(111)90-57(22-16-39-88-82(87)120)71(109)89-56(21-14-15-38-85)72(110)91-58(40-48-17-10-8-11-18-48)76(114)96-64(70(86)108)46-121-47-67(103)99(4)66(36-37-68(104)105)80(118)100(65)5/h24-35,48-49,56-66,101-102H,6-23,36-47,85H2,1-5H3,(H2,86,108)(H,89,109)(H,90,111)(H,91,110)(H,92,112)(H,93,115)(H,94,116)(H,95,113)(H,96,114)(H,97,119)(H,98,117)(H,104,105)(H,106,107)(H3,87,88,120)/t56-,57+,58+,59+,60+,61+,62+,63-,64+,65+,66+/m1/s1. The topological polar surface area (TPSA) is 571 Å². The number of benzene rings is 3. The van der Waals surface area contributed by atoms with Crippen molar-refractivity contribution in [3.8, 4) is 11.5 Å². The average molecular weight is 1710 g/mol. The Bertz CT molecular complexity index is 4040. The smallest absolute Gasteiger partial charge is 0.312 e. The number of carboxylic acids is 2. The molecular formula is C83H121FN16O20S. The van der Waals surface area contributed by atoms with Crippen molar-refractivity contribution in [2.45, 2.75) is 260 Å². The van der Waals surface area contributed by atoms with Gasteiger partial charge in [-0.1, -0.05) is 120 Å². The van der Waals surface area contributed by atoms with E-state index in [1.54, 1.807) is 0 Å². The van der Waals surface area contributed by atoms with Gasteiger partial charge in [0.15, 0.2) is 0 Å². The van der Waals surface area contributed by atoms with Crippen LogP contribution in [0.5, 0.6) is 11.5 Å². The predicted octanol–water partition coefficient (Wildman–Crippen LogP) is 1.46. The number of phenols is 2. The molecule has 3 fully saturated rings. The van der Waals surface area contributed by atoms with E-state index in [1.165, 1.54) is 88.6 Å². The number of amides is 15. The molecule has 3 aromatic carbocycles. The highest BCUT2D eigenvalue weighted by molar-refractivity contribution is 8.00. The molecule has 38 heteroatoms. The summed E-state index contributed by atoms with van der Waals surface area (Å²) in [7, 11) is 2.52. The second-order valence-electron chi connectivity index (χ2n) is 32.0. The number of hydrogen-bond donors (Lipinski definition) is 18. The number of phenolic OH excluding ortho intramolecular Hbond substituents is 2. The van der Waals surface area contributed by atoms with E-state index < -0.39 is 217 Å². The number of aromatic hydroxyl groups is 2. The summed E-state index contributed by atoms with van der Waals surface area (Å²) in [6.45, 7) is 4.47. The molecule has 15 amide bonds. The number of thioether (sulfide) groups is 1. The van der Waals surface area contributed by atoms with Crippen LogP contribution in [0.3, 0.4) is 0 Å². The Kier molecular flexibility index (Phi) is 40.4. The molecule has 11 atom stereocenters. The van der Waals surface area contributed by atoms with Gasteiger partial charge in [0.1, 0.15) is 89.3 Å². The van der Waals surface area contributed by atoms with Gasteiger partial charge in [-0.25, -0.2) is 9.18 Å². The van der Waals surface area contributed by atoms with Crippen LogP contribution in [0.1, 0.15) is 185 Å². The van der Waals surface area contributed by atoms with Crippen molar-refractivity contribution in [2.75, 3.05) is 38.7 Å². The summed E-state index contributed by atoms with van der Waals surface area (Å²) in [6, 6.07) is -3.37. The molecule has 2 aliphatic carbocycles. The summed E-state index contributed by atoms with van der Waals surface area (Å²) in [5.74, 6) is -18.2. The second-order valence-corrected chi connectivity index (χ2v) is 33.0. The summed E-state index contributed by atoms with van der Waals surface area (Å²) in [5, 5.41) is 69.9. The number of likely N-dealkylation sites (N-methyl/N-ethyl adjacent to an activating group) is 2. The number of nitrogens with one attached hydrogen (secondary N) is 11. The number of carbonyl (C=O) groups is 16. The van der Waals surface area contributed by atoms with E-state index in [0.29, 0.717) is 50.5 Å². The predicted molar refractivity (Wildman–Crippen MR) is 444 cm³/mol. The molecule has 0 spiro atoms. The second kappa shape index (κ2) is 49.5. The van der Waals surface area contributed by atoms with Gasteiger partial charge in [0.25, 0.3) is 0 Å². The molecule has 3 aromatic rings. The number of urea groups is 1. The van der Waals surface area contributed by atoms with E-state index in [0.717, 1.165) is 72.2 Å². The largest absolute Gasteiger partial charge is 0.508 e. The van der Waals surface area contributed by atoms with Gasteiger partial charge in [0.05, 0.1) is 12.2 Å². The molecule has 0 radical (unpaired) electrons. The molecule has 666 valence electrons. The lowest BCUT2D eigenvalue weighted by Crippen LogP contribution is -2.63. The summed E-state index contributed by atoms with van der Waals surface area (Å²) in [4.78, 5) is 232. The van der Waals surface area contributed by atoms with E-state index in [9.17, 15) is 72.8 Å². The van der Waals surface area contributed by atoms with Gasteiger partial charge in [-0.15, -0.1) is 11.8 Å². The van der Waals surface area contributed by atoms with Gasteiger partial charge in [-0.2, -0.15) is 0 Å². The number of unbranched alkanes of at least 4 members (excludes halogenated alkanes) is 2. The van der Waals surface area contributed by atoms with E-state index >= 15 is 28.8 Å². The number of primary amides is 2. The minimum absolute atomic E-state index is 0.0164. The quantitative estimate of drug-likeness (QED) is 0.0480. The number of carbonyl (C=O) groups excluding carboxylic acids is 14. The lowest BCUT2D eigenvalue weighted by molar-refractivity contribution is -0.149. The van der Waals surface area contributed by atoms with Crippen LogP contribution in [0.25, 0.3) is 0 Å². The fourth-order valence-corrected chi connectivity index (χ4v) is 15.8. The van der Waals surface area contributed by atoms with Crippen molar-refractivity contribution in [1.29, 1.82) is 0 Å². The highest BCUT2D eigenvalue weighted by Crippen LogP contribution is 2.30. The van der Waals surface area contributed by atoms with Crippen LogP contribution in [0.15, 0.2) is 72.8 Å². The maximum Gasteiger partial charge on any atom is 0.312 e. The number of halogens is 1.